The summed E-state index contributed by atoms with van der Waals surface area (Å²) in [7, 11) is 0. The summed E-state index contributed by atoms with van der Waals surface area (Å²) in [4.78, 5) is 36.1. The van der Waals surface area contributed by atoms with Gasteiger partial charge in [0.25, 0.3) is 5.91 Å². The van der Waals surface area contributed by atoms with Gasteiger partial charge in [0, 0.05) is 11.1 Å². The molecule has 7 nitrogen and oxygen atoms in total. The largest absolute Gasteiger partial charge is 0.480 e. The molecule has 0 saturated heterocycles. The molecule has 0 radical (unpaired) electrons. The highest BCUT2D eigenvalue weighted by Gasteiger charge is 2.24. The third kappa shape index (κ3) is 5.22. The molecular weight excluding hydrogens is 360 g/mol. The van der Waals surface area contributed by atoms with Crippen molar-refractivity contribution in [2.75, 3.05) is 6.54 Å². The first-order valence-corrected chi connectivity index (χ1v) is 9.16. The van der Waals surface area contributed by atoms with E-state index >= 15 is 0 Å². The number of benzene rings is 1. The number of aliphatic carboxylic acids is 1. The maximum Gasteiger partial charge on any atom is 0.326 e. The van der Waals surface area contributed by atoms with E-state index in [2.05, 4.69) is 10.6 Å². The molecule has 150 valence electrons. The number of carbonyl (C=O) groups excluding carboxylic acids is 2. The van der Waals surface area contributed by atoms with Crippen LogP contribution in [-0.4, -0.2) is 35.5 Å². The van der Waals surface area contributed by atoms with Gasteiger partial charge in [0.15, 0.2) is 0 Å². The number of hydrogen-bond acceptors (Lipinski definition) is 4. The van der Waals surface area contributed by atoms with Crippen molar-refractivity contribution in [1.29, 1.82) is 0 Å². The van der Waals surface area contributed by atoms with Gasteiger partial charge in [0.2, 0.25) is 5.91 Å². The van der Waals surface area contributed by atoms with E-state index in [1.54, 1.807) is 13.8 Å². The van der Waals surface area contributed by atoms with E-state index in [4.69, 9.17) is 4.42 Å². The van der Waals surface area contributed by atoms with Crippen molar-refractivity contribution in [3.05, 3.63) is 47.2 Å². The summed E-state index contributed by atoms with van der Waals surface area (Å²) < 4.78 is 5.76. The molecule has 0 spiro atoms. The molecule has 1 aromatic carbocycles. The lowest BCUT2D eigenvalue weighted by molar-refractivity contribution is -0.142. The van der Waals surface area contributed by atoms with Crippen molar-refractivity contribution in [2.24, 2.45) is 5.92 Å². The molecule has 0 fully saturated rings. The van der Waals surface area contributed by atoms with Crippen molar-refractivity contribution in [2.45, 2.75) is 40.2 Å². The van der Waals surface area contributed by atoms with Crippen LogP contribution in [0.4, 0.5) is 0 Å². The summed E-state index contributed by atoms with van der Waals surface area (Å²) >= 11 is 0. The number of hydrogen-bond donors (Lipinski definition) is 3. The number of nitrogens with one attached hydrogen (secondary N) is 2. The lowest BCUT2D eigenvalue weighted by Crippen LogP contribution is -2.46. The molecule has 1 heterocycles. The highest BCUT2D eigenvalue weighted by Crippen LogP contribution is 2.30. The topological polar surface area (TPSA) is 109 Å². The summed E-state index contributed by atoms with van der Waals surface area (Å²) in [6.07, 6.45) is 0.313. The molecule has 2 aromatic rings. The SMILES string of the molecule is Cc1oc(-c2ccccc2)c(C(=O)NCC(=O)N[C@@H](CC(C)C)C(=O)O)c1C. The smallest absolute Gasteiger partial charge is 0.326 e. The second-order valence-corrected chi connectivity index (χ2v) is 7.12. The van der Waals surface area contributed by atoms with Crippen LogP contribution in [0.15, 0.2) is 34.7 Å². The Bertz CT molecular complexity index is 855. The molecular formula is C21H26N2O5. The molecule has 2 rings (SSSR count). The first kappa shape index (κ1) is 21.2. The Hall–Kier alpha value is -3.09. The minimum atomic E-state index is -1.10. The Morgan fingerprint density at radius 1 is 1.11 bits per heavy atom. The zero-order valence-corrected chi connectivity index (χ0v) is 16.5. The maximum atomic E-state index is 12.7. The number of amides is 2. The van der Waals surface area contributed by atoms with Crippen molar-refractivity contribution in [3.8, 4) is 11.3 Å². The van der Waals surface area contributed by atoms with Crippen LogP contribution in [0.3, 0.4) is 0 Å². The minimum absolute atomic E-state index is 0.112. The highest BCUT2D eigenvalue weighted by atomic mass is 16.4. The lowest BCUT2D eigenvalue weighted by Gasteiger charge is -2.16. The van der Waals surface area contributed by atoms with Gasteiger partial charge >= 0.3 is 5.97 Å². The molecule has 1 atom stereocenters. The fourth-order valence-corrected chi connectivity index (χ4v) is 2.88. The van der Waals surface area contributed by atoms with Crippen molar-refractivity contribution in [3.63, 3.8) is 0 Å². The number of aryl methyl sites for hydroxylation is 1. The number of rotatable bonds is 8. The second-order valence-electron chi connectivity index (χ2n) is 7.12. The van der Waals surface area contributed by atoms with Gasteiger partial charge in [-0.2, -0.15) is 0 Å². The van der Waals surface area contributed by atoms with E-state index in [-0.39, 0.29) is 12.5 Å². The number of carboxylic acid groups (broad SMARTS) is 1. The first-order chi connectivity index (χ1) is 13.2. The fourth-order valence-electron chi connectivity index (χ4n) is 2.88. The van der Waals surface area contributed by atoms with Gasteiger partial charge in [-0.05, 0) is 26.2 Å². The molecule has 0 unspecified atom stereocenters. The summed E-state index contributed by atoms with van der Waals surface area (Å²) in [6.45, 7) is 6.98. The molecule has 0 aliphatic rings. The van der Waals surface area contributed by atoms with Gasteiger partial charge in [-0.15, -0.1) is 0 Å². The van der Waals surface area contributed by atoms with E-state index in [0.29, 0.717) is 29.1 Å². The summed E-state index contributed by atoms with van der Waals surface area (Å²) in [5, 5.41) is 14.2. The highest BCUT2D eigenvalue weighted by molar-refractivity contribution is 6.02. The van der Waals surface area contributed by atoms with Crippen LogP contribution >= 0.6 is 0 Å². The molecule has 3 N–H and O–H groups in total. The van der Waals surface area contributed by atoms with Crippen molar-refractivity contribution >= 4 is 17.8 Å². The average Bonchev–Trinajstić information content (AvgIpc) is 2.94. The van der Waals surface area contributed by atoms with Crippen LogP contribution in [0, 0.1) is 19.8 Å². The van der Waals surface area contributed by atoms with E-state index in [0.717, 1.165) is 5.56 Å². The molecule has 7 heteroatoms. The summed E-state index contributed by atoms with van der Waals surface area (Å²) in [6, 6.07) is 8.25. The normalized spacial score (nSPS) is 11.9. The van der Waals surface area contributed by atoms with Crippen LogP contribution in [-0.2, 0) is 9.59 Å². The Labute approximate surface area is 164 Å². The van der Waals surface area contributed by atoms with Crippen LogP contribution in [0.1, 0.15) is 41.9 Å². The van der Waals surface area contributed by atoms with Crippen molar-refractivity contribution < 1.29 is 23.9 Å². The molecule has 2 amide bonds. The Morgan fingerprint density at radius 3 is 2.32 bits per heavy atom. The number of furan rings is 1. The zero-order chi connectivity index (χ0) is 20.8. The van der Waals surface area contributed by atoms with Crippen LogP contribution < -0.4 is 10.6 Å². The van der Waals surface area contributed by atoms with Crippen LogP contribution in [0.25, 0.3) is 11.3 Å². The fraction of sp³-hybridized carbons (Fsp3) is 0.381. The molecule has 0 aliphatic carbocycles. The van der Waals surface area contributed by atoms with E-state index in [9.17, 15) is 19.5 Å². The maximum absolute atomic E-state index is 12.7. The number of carboxylic acids is 1. The predicted molar refractivity (Wildman–Crippen MR) is 105 cm³/mol. The van der Waals surface area contributed by atoms with Gasteiger partial charge in [-0.25, -0.2) is 4.79 Å². The first-order valence-electron chi connectivity index (χ1n) is 9.16. The van der Waals surface area contributed by atoms with Gasteiger partial charge in [-0.3, -0.25) is 9.59 Å². The molecule has 28 heavy (non-hydrogen) atoms. The molecule has 1 aromatic heterocycles. The molecule has 0 bridgehead atoms. The van der Waals surface area contributed by atoms with Crippen LogP contribution in [0.5, 0.6) is 0 Å². The third-order valence-corrected chi connectivity index (χ3v) is 4.40. The Kier molecular flexibility index (Phi) is 6.98. The van der Waals surface area contributed by atoms with Crippen molar-refractivity contribution in [1.82, 2.24) is 10.6 Å². The monoisotopic (exact) mass is 386 g/mol. The standard InChI is InChI=1S/C21H26N2O5/c1-12(2)10-16(21(26)27)23-17(24)11-22-20(25)18-13(3)14(4)28-19(18)15-8-6-5-7-9-15/h5-9,12,16H,10-11H2,1-4H3,(H,22,25)(H,23,24)(H,26,27)/t16-/m0/s1. The van der Waals surface area contributed by atoms with E-state index in [1.807, 2.05) is 44.2 Å². The van der Waals surface area contributed by atoms with E-state index < -0.39 is 23.8 Å². The molecule has 0 saturated carbocycles. The van der Waals surface area contributed by atoms with Gasteiger partial charge in [0.1, 0.15) is 17.6 Å². The van der Waals surface area contributed by atoms with Crippen LogP contribution in [0.2, 0.25) is 0 Å². The summed E-state index contributed by atoms with van der Waals surface area (Å²) in [5.74, 6) is -0.922. The number of carbonyl (C=O) groups is 3. The van der Waals surface area contributed by atoms with Gasteiger partial charge in [-0.1, -0.05) is 44.2 Å². The minimum Gasteiger partial charge on any atom is -0.480 e. The Balaban J connectivity index is 2.09. The third-order valence-electron chi connectivity index (χ3n) is 4.40. The zero-order valence-electron chi connectivity index (χ0n) is 16.5. The predicted octanol–water partition coefficient (Wildman–Crippen LogP) is 2.91. The Morgan fingerprint density at radius 2 is 1.75 bits per heavy atom. The van der Waals surface area contributed by atoms with Gasteiger partial charge in [0.05, 0.1) is 12.1 Å². The van der Waals surface area contributed by atoms with Gasteiger partial charge < -0.3 is 20.2 Å². The summed E-state index contributed by atoms with van der Waals surface area (Å²) in [5.41, 5.74) is 1.82. The average molecular weight is 386 g/mol. The quantitative estimate of drug-likeness (QED) is 0.646. The van der Waals surface area contributed by atoms with E-state index in [1.165, 1.54) is 0 Å². The lowest BCUT2D eigenvalue weighted by atomic mass is 10.0. The molecule has 0 aliphatic heterocycles. The second kappa shape index (κ2) is 9.21.